The van der Waals surface area contributed by atoms with E-state index in [0.717, 1.165) is 31.2 Å². The summed E-state index contributed by atoms with van der Waals surface area (Å²) in [5.41, 5.74) is 7.92. The number of hydrogen-bond donors (Lipinski definition) is 2. The fraction of sp³-hybridized carbons (Fsp3) is 0.370. The Balaban J connectivity index is 1.62. The molecule has 1 fully saturated rings. The van der Waals surface area contributed by atoms with E-state index < -0.39 is 24.3 Å². The number of aliphatic carboxylic acids is 1. The van der Waals surface area contributed by atoms with Crippen molar-refractivity contribution in [1.29, 1.82) is 0 Å². The second-order valence-electron chi connectivity index (χ2n) is 9.34. The predicted octanol–water partition coefficient (Wildman–Crippen LogP) is 4.20. The van der Waals surface area contributed by atoms with Crippen LogP contribution >= 0.6 is 0 Å². The summed E-state index contributed by atoms with van der Waals surface area (Å²) in [5.74, 6) is -1.18. The van der Waals surface area contributed by atoms with Gasteiger partial charge in [0.15, 0.2) is 0 Å². The Morgan fingerprint density at radius 2 is 1.82 bits per heavy atom. The number of carbonyl (C=O) groups is 1. The Hall–Kier alpha value is -3.10. The molecule has 1 aliphatic rings. The van der Waals surface area contributed by atoms with Gasteiger partial charge in [0, 0.05) is 0 Å². The number of alkyl halides is 3. The quantitative estimate of drug-likeness (QED) is 0.361. The van der Waals surface area contributed by atoms with Crippen LogP contribution in [0.4, 0.5) is 13.2 Å². The molecule has 38 heavy (non-hydrogen) atoms. The van der Waals surface area contributed by atoms with E-state index >= 15 is 0 Å². The maximum atomic E-state index is 14.3. The average molecular weight is 589 g/mol. The first kappa shape index (κ1) is 27.9. The van der Waals surface area contributed by atoms with Gasteiger partial charge in [-0.05, 0) is 0 Å². The van der Waals surface area contributed by atoms with Gasteiger partial charge < -0.3 is 0 Å². The van der Waals surface area contributed by atoms with Gasteiger partial charge >= 0.3 is 227 Å². The normalized spacial score (nSPS) is 15.7. The zero-order chi connectivity index (χ0) is 27.4. The van der Waals surface area contributed by atoms with Gasteiger partial charge in [-0.15, -0.1) is 0 Å². The Morgan fingerprint density at radius 3 is 2.45 bits per heavy atom. The van der Waals surface area contributed by atoms with Crippen molar-refractivity contribution in [2.75, 3.05) is 0 Å². The number of ether oxygens (including phenoxy) is 2. The van der Waals surface area contributed by atoms with Gasteiger partial charge in [-0.1, -0.05) is 0 Å². The van der Waals surface area contributed by atoms with Gasteiger partial charge in [-0.3, -0.25) is 0 Å². The molecule has 1 aliphatic carbocycles. The molecular weight excluding hydrogens is 562 g/mol. The fourth-order valence-corrected chi connectivity index (χ4v) is 4.78. The predicted molar refractivity (Wildman–Crippen MR) is 136 cm³/mol. The molecule has 0 amide bonds. The average Bonchev–Trinajstić information content (AvgIpc) is 3.35. The topological polar surface area (TPSA) is 108 Å². The van der Waals surface area contributed by atoms with E-state index in [9.17, 15) is 18.0 Å². The van der Waals surface area contributed by atoms with Gasteiger partial charge in [0.25, 0.3) is 0 Å². The third-order valence-electron chi connectivity index (χ3n) is 6.30. The van der Waals surface area contributed by atoms with Crippen LogP contribution in [0, 0.1) is 6.92 Å². The van der Waals surface area contributed by atoms with Crippen molar-refractivity contribution in [2.45, 2.75) is 63.5 Å². The molecule has 1 unspecified atom stereocenters. The summed E-state index contributed by atoms with van der Waals surface area (Å²) >= 11 is 2.10. The number of aromatic nitrogens is 2. The molecule has 2 radical (unpaired) electrons. The Bertz CT molecular complexity index is 1280. The maximum absolute atomic E-state index is 14.3. The Labute approximate surface area is 227 Å². The van der Waals surface area contributed by atoms with Crippen molar-refractivity contribution >= 4 is 27.4 Å². The molecule has 7 nitrogen and oxygen atoms in total. The SMILES string of the molecule is Cc1ccc(C(Oc2cc(-c3ccc(C[C@H](N)C(=O)O)cc3)nc([As])n2)C(F)(F)F)c(OC2CCCC2)c1. The number of rotatable bonds is 9. The van der Waals surface area contributed by atoms with Gasteiger partial charge in [0.05, 0.1) is 0 Å². The molecule has 2 aromatic carbocycles. The van der Waals surface area contributed by atoms with Crippen LogP contribution in [0.5, 0.6) is 11.6 Å². The summed E-state index contributed by atoms with van der Waals surface area (Å²) in [6, 6.07) is 11.7. The van der Waals surface area contributed by atoms with Crippen LogP contribution in [0.3, 0.4) is 0 Å². The summed E-state index contributed by atoms with van der Waals surface area (Å²) < 4.78 is 54.7. The number of nitrogens with two attached hydrogens (primary N) is 1. The minimum absolute atomic E-state index is 0.110. The molecule has 0 bridgehead atoms. The fourth-order valence-electron chi connectivity index (χ4n) is 4.35. The molecule has 3 aromatic rings. The monoisotopic (exact) mass is 589 g/mol. The number of aryl methyl sites for hydroxylation is 1. The Kier molecular flexibility index (Phi) is 8.63. The van der Waals surface area contributed by atoms with E-state index in [0.29, 0.717) is 16.8 Å². The molecule has 3 N–H and O–H groups in total. The summed E-state index contributed by atoms with van der Waals surface area (Å²) in [6.45, 7) is 1.80. The van der Waals surface area contributed by atoms with Gasteiger partial charge in [0.1, 0.15) is 0 Å². The van der Waals surface area contributed by atoms with E-state index in [2.05, 4.69) is 26.8 Å². The van der Waals surface area contributed by atoms with E-state index in [1.165, 1.54) is 12.1 Å². The standard InChI is InChI=1S/C27H27AsF3N3O4/c1-15-6-11-19(22(12-15)37-18-4-2-3-5-18)24(27(29,30)31)38-23-14-21(33-26(28)34-23)17-9-7-16(8-10-17)13-20(32)25(35)36/h6-12,14,18,20,24H,2-5,13,32H2,1H3,(H,35,36)/t20-,24?/m0/s1. The molecule has 0 aliphatic heterocycles. The van der Waals surface area contributed by atoms with Crippen LogP contribution in [0.25, 0.3) is 11.3 Å². The summed E-state index contributed by atoms with van der Waals surface area (Å²) in [4.78, 5) is 19.4. The molecule has 2 atom stereocenters. The Morgan fingerprint density at radius 1 is 1.13 bits per heavy atom. The third kappa shape index (κ3) is 7.05. The van der Waals surface area contributed by atoms with Crippen molar-refractivity contribution < 1.29 is 32.5 Å². The van der Waals surface area contributed by atoms with Crippen LogP contribution in [0.15, 0.2) is 48.5 Å². The first-order valence-corrected chi connectivity index (χ1v) is 13.1. The second kappa shape index (κ2) is 11.7. The number of benzene rings is 2. The molecule has 4 rings (SSSR count). The van der Waals surface area contributed by atoms with Crippen molar-refractivity contribution in [3.63, 3.8) is 0 Å². The minimum atomic E-state index is -4.73. The van der Waals surface area contributed by atoms with E-state index in [-0.39, 0.29) is 34.3 Å². The van der Waals surface area contributed by atoms with Gasteiger partial charge in [-0.2, -0.15) is 0 Å². The molecule has 1 saturated carbocycles. The van der Waals surface area contributed by atoms with E-state index in [4.69, 9.17) is 20.3 Å². The summed E-state index contributed by atoms with van der Waals surface area (Å²) in [5, 5.41) is 9.00. The van der Waals surface area contributed by atoms with Crippen molar-refractivity contribution in [3.05, 3.63) is 65.2 Å². The first-order chi connectivity index (χ1) is 18.0. The van der Waals surface area contributed by atoms with E-state index in [1.807, 2.05) is 0 Å². The second-order valence-corrected chi connectivity index (χ2v) is 10.2. The van der Waals surface area contributed by atoms with Crippen LogP contribution in [0.2, 0.25) is 0 Å². The van der Waals surface area contributed by atoms with Crippen LogP contribution < -0.4 is 19.8 Å². The molecule has 200 valence electrons. The van der Waals surface area contributed by atoms with Crippen molar-refractivity contribution in [1.82, 2.24) is 9.97 Å². The van der Waals surface area contributed by atoms with Crippen molar-refractivity contribution in [3.8, 4) is 22.9 Å². The third-order valence-corrected chi connectivity index (χ3v) is 6.72. The number of carboxylic acids is 1. The molecular formula is C27H27AsF3N3O4. The molecule has 11 heteroatoms. The summed E-state index contributed by atoms with van der Waals surface area (Å²) in [6.07, 6.45) is -3.44. The van der Waals surface area contributed by atoms with Crippen LogP contribution in [-0.4, -0.2) is 56.2 Å². The van der Waals surface area contributed by atoms with Gasteiger partial charge in [0.2, 0.25) is 0 Å². The van der Waals surface area contributed by atoms with Crippen molar-refractivity contribution in [2.24, 2.45) is 5.73 Å². The molecule has 0 spiro atoms. The number of carboxylic acid groups (broad SMARTS) is 1. The summed E-state index contributed by atoms with van der Waals surface area (Å²) in [7, 11) is 0. The van der Waals surface area contributed by atoms with E-state index in [1.54, 1.807) is 43.3 Å². The number of hydrogen-bond acceptors (Lipinski definition) is 6. The molecule has 1 heterocycles. The van der Waals surface area contributed by atoms with Crippen LogP contribution in [-0.2, 0) is 11.2 Å². The van der Waals surface area contributed by atoms with Gasteiger partial charge in [-0.25, -0.2) is 0 Å². The zero-order valence-electron chi connectivity index (χ0n) is 20.6. The first-order valence-electron chi connectivity index (χ1n) is 12.2. The van der Waals surface area contributed by atoms with Crippen LogP contribution in [0.1, 0.15) is 48.5 Å². The molecule has 1 aromatic heterocycles. The zero-order valence-corrected chi connectivity index (χ0v) is 22.5. The molecule has 0 saturated heterocycles. The number of nitrogens with zero attached hydrogens (tertiary/aromatic N) is 2. The number of halogens is 3.